The van der Waals surface area contributed by atoms with Gasteiger partial charge in [-0.2, -0.15) is 0 Å². The minimum absolute atomic E-state index is 0.0680. The van der Waals surface area contributed by atoms with Crippen molar-refractivity contribution in [2.75, 3.05) is 13.7 Å². The first-order valence-corrected chi connectivity index (χ1v) is 11.0. The van der Waals surface area contributed by atoms with Gasteiger partial charge in [0.25, 0.3) is 0 Å². The fourth-order valence-electron chi connectivity index (χ4n) is 3.67. The van der Waals surface area contributed by atoms with Crippen molar-refractivity contribution in [3.63, 3.8) is 0 Å². The molecule has 0 saturated heterocycles. The molecule has 30 heavy (non-hydrogen) atoms. The SMILES string of the molecule is CCCOC(C)(C)CC=C[C@H]1CCC(=O)[C@@H]1CCCCC=C(OC(C)=O)C(=O)OC. The molecule has 0 aromatic carbocycles. The number of ketones is 1. The maximum Gasteiger partial charge on any atom is 0.373 e. The second-order valence-electron chi connectivity index (χ2n) is 8.45. The summed E-state index contributed by atoms with van der Waals surface area (Å²) in [6.45, 7) is 8.29. The van der Waals surface area contributed by atoms with Crippen LogP contribution in [0.15, 0.2) is 24.0 Å². The van der Waals surface area contributed by atoms with Gasteiger partial charge in [0, 0.05) is 25.9 Å². The molecule has 6 heteroatoms. The monoisotopic (exact) mass is 422 g/mol. The summed E-state index contributed by atoms with van der Waals surface area (Å²) in [4.78, 5) is 35.0. The third kappa shape index (κ3) is 9.70. The highest BCUT2D eigenvalue weighted by Gasteiger charge is 2.32. The van der Waals surface area contributed by atoms with Crippen molar-refractivity contribution in [3.05, 3.63) is 24.0 Å². The molecule has 1 aliphatic rings. The smallest absolute Gasteiger partial charge is 0.373 e. The molecule has 0 spiro atoms. The number of ether oxygens (including phenoxy) is 3. The lowest BCUT2D eigenvalue weighted by molar-refractivity contribution is -0.148. The van der Waals surface area contributed by atoms with E-state index in [0.29, 0.717) is 24.5 Å². The Labute approximate surface area is 181 Å². The number of carbonyl (C=O) groups excluding carboxylic acids is 3. The third-order valence-corrected chi connectivity index (χ3v) is 5.28. The zero-order valence-corrected chi connectivity index (χ0v) is 19.2. The molecular weight excluding hydrogens is 384 g/mol. The lowest BCUT2D eigenvalue weighted by Gasteiger charge is -2.24. The fourth-order valence-corrected chi connectivity index (χ4v) is 3.67. The van der Waals surface area contributed by atoms with E-state index in [-0.39, 0.29) is 17.3 Å². The van der Waals surface area contributed by atoms with Crippen molar-refractivity contribution in [3.8, 4) is 0 Å². The maximum atomic E-state index is 12.3. The van der Waals surface area contributed by atoms with Crippen LogP contribution >= 0.6 is 0 Å². The summed E-state index contributed by atoms with van der Waals surface area (Å²) < 4.78 is 15.4. The molecule has 0 heterocycles. The van der Waals surface area contributed by atoms with E-state index in [1.165, 1.54) is 14.0 Å². The first kappa shape index (κ1) is 26.1. The molecule has 0 amide bonds. The van der Waals surface area contributed by atoms with E-state index in [1.807, 2.05) is 0 Å². The van der Waals surface area contributed by atoms with E-state index in [2.05, 4.69) is 37.7 Å². The molecule has 2 atom stereocenters. The quantitative estimate of drug-likeness (QED) is 0.138. The van der Waals surface area contributed by atoms with Crippen molar-refractivity contribution >= 4 is 17.7 Å². The minimum Gasteiger partial charge on any atom is -0.463 e. The highest BCUT2D eigenvalue weighted by molar-refractivity contribution is 5.89. The predicted octanol–water partition coefficient (Wildman–Crippen LogP) is 4.91. The average Bonchev–Trinajstić information content (AvgIpc) is 3.04. The van der Waals surface area contributed by atoms with Crippen LogP contribution in [0.3, 0.4) is 0 Å². The normalized spacial score (nSPS) is 20.0. The molecule has 0 aliphatic heterocycles. The first-order chi connectivity index (χ1) is 14.2. The standard InChI is InChI=1S/C24H38O6/c1-6-17-29-24(3,4)16-10-11-19-14-15-21(26)20(19)12-8-7-9-13-22(23(27)28-5)30-18(2)25/h10-11,13,19-20H,6-9,12,14-17H2,1-5H3/t19-,20+/m0/s1. The van der Waals surface area contributed by atoms with Gasteiger partial charge in [-0.05, 0) is 64.4 Å². The van der Waals surface area contributed by atoms with Gasteiger partial charge in [0.2, 0.25) is 5.76 Å². The Morgan fingerprint density at radius 3 is 2.60 bits per heavy atom. The van der Waals surface area contributed by atoms with E-state index >= 15 is 0 Å². The molecule has 1 fully saturated rings. The van der Waals surface area contributed by atoms with Crippen LogP contribution < -0.4 is 0 Å². The number of hydrogen-bond donors (Lipinski definition) is 0. The highest BCUT2D eigenvalue weighted by atomic mass is 16.6. The summed E-state index contributed by atoms with van der Waals surface area (Å²) in [7, 11) is 1.25. The molecule has 6 nitrogen and oxygen atoms in total. The van der Waals surface area contributed by atoms with E-state index in [4.69, 9.17) is 9.47 Å². The summed E-state index contributed by atoms with van der Waals surface area (Å²) in [5.41, 5.74) is -0.184. The van der Waals surface area contributed by atoms with Gasteiger partial charge in [-0.25, -0.2) is 4.79 Å². The predicted molar refractivity (Wildman–Crippen MR) is 116 cm³/mol. The van der Waals surface area contributed by atoms with Gasteiger partial charge >= 0.3 is 11.9 Å². The van der Waals surface area contributed by atoms with E-state index in [9.17, 15) is 14.4 Å². The van der Waals surface area contributed by atoms with Gasteiger partial charge in [-0.15, -0.1) is 0 Å². The number of unbranched alkanes of at least 4 members (excludes halogenated alkanes) is 2. The molecule has 0 aromatic rings. The second kappa shape index (κ2) is 13.4. The zero-order chi connectivity index (χ0) is 22.6. The van der Waals surface area contributed by atoms with Crippen LogP contribution in [0.4, 0.5) is 0 Å². The molecule has 0 unspecified atom stereocenters. The summed E-state index contributed by atoms with van der Waals surface area (Å²) >= 11 is 0. The van der Waals surface area contributed by atoms with Crippen LogP contribution in [0.2, 0.25) is 0 Å². The van der Waals surface area contributed by atoms with Crippen LogP contribution in [0.1, 0.15) is 79.1 Å². The molecule has 1 saturated carbocycles. The molecule has 0 bridgehead atoms. The summed E-state index contributed by atoms with van der Waals surface area (Å²) in [5, 5.41) is 0. The van der Waals surface area contributed by atoms with Crippen LogP contribution in [0.5, 0.6) is 0 Å². The Morgan fingerprint density at radius 2 is 1.97 bits per heavy atom. The van der Waals surface area contributed by atoms with Crippen molar-refractivity contribution < 1.29 is 28.6 Å². The number of rotatable bonds is 13. The van der Waals surface area contributed by atoms with Crippen LogP contribution in [-0.4, -0.2) is 37.0 Å². The summed E-state index contributed by atoms with van der Waals surface area (Å²) in [5.74, 6) is -0.582. The van der Waals surface area contributed by atoms with Gasteiger partial charge in [-0.3, -0.25) is 9.59 Å². The number of Topliss-reactive ketones (excluding diaryl/α,β-unsaturated/α-hetero) is 1. The Kier molecular flexibility index (Phi) is 11.6. The maximum absolute atomic E-state index is 12.3. The number of esters is 2. The van der Waals surface area contributed by atoms with E-state index in [1.54, 1.807) is 6.08 Å². The summed E-state index contributed by atoms with van der Waals surface area (Å²) in [6.07, 6.45) is 12.4. The second-order valence-corrected chi connectivity index (χ2v) is 8.45. The first-order valence-electron chi connectivity index (χ1n) is 11.0. The fraction of sp³-hybridized carbons (Fsp3) is 0.708. The van der Waals surface area contributed by atoms with Crippen LogP contribution in [0, 0.1) is 11.8 Å². The molecule has 0 radical (unpaired) electrons. The van der Waals surface area contributed by atoms with E-state index < -0.39 is 11.9 Å². The van der Waals surface area contributed by atoms with Crippen molar-refractivity contribution in [1.82, 2.24) is 0 Å². The van der Waals surface area contributed by atoms with Crippen molar-refractivity contribution in [2.24, 2.45) is 11.8 Å². The number of methoxy groups -OCH3 is 1. The Morgan fingerprint density at radius 1 is 1.23 bits per heavy atom. The van der Waals surface area contributed by atoms with Gasteiger partial charge in [-0.1, -0.05) is 25.5 Å². The average molecular weight is 423 g/mol. The molecule has 1 aliphatic carbocycles. The molecule has 1 rings (SSSR count). The summed E-state index contributed by atoms with van der Waals surface area (Å²) in [6, 6.07) is 0. The van der Waals surface area contributed by atoms with Gasteiger partial charge in [0.05, 0.1) is 12.7 Å². The number of carbonyl (C=O) groups is 3. The lowest BCUT2D eigenvalue weighted by Crippen LogP contribution is -2.24. The molecular formula is C24H38O6. The van der Waals surface area contributed by atoms with Gasteiger partial charge in [0.1, 0.15) is 5.78 Å². The van der Waals surface area contributed by atoms with Crippen LogP contribution in [0.25, 0.3) is 0 Å². The Hall–Kier alpha value is -1.95. The largest absolute Gasteiger partial charge is 0.463 e. The number of hydrogen-bond acceptors (Lipinski definition) is 6. The molecule has 170 valence electrons. The number of allylic oxidation sites excluding steroid dienone is 2. The molecule has 0 aromatic heterocycles. The third-order valence-electron chi connectivity index (χ3n) is 5.28. The Balaban J connectivity index is 2.49. The van der Waals surface area contributed by atoms with Crippen molar-refractivity contribution in [2.45, 2.75) is 84.7 Å². The lowest BCUT2D eigenvalue weighted by atomic mass is 9.89. The minimum atomic E-state index is -0.660. The van der Waals surface area contributed by atoms with E-state index in [0.717, 1.165) is 45.1 Å². The highest BCUT2D eigenvalue weighted by Crippen LogP contribution is 2.34. The van der Waals surface area contributed by atoms with Gasteiger partial charge < -0.3 is 14.2 Å². The Bertz CT molecular complexity index is 632. The van der Waals surface area contributed by atoms with Crippen molar-refractivity contribution in [1.29, 1.82) is 0 Å². The topological polar surface area (TPSA) is 78.9 Å². The zero-order valence-electron chi connectivity index (χ0n) is 19.2. The van der Waals surface area contributed by atoms with Gasteiger partial charge in [0.15, 0.2) is 0 Å². The molecule has 0 N–H and O–H groups in total. The van der Waals surface area contributed by atoms with Crippen LogP contribution in [-0.2, 0) is 28.6 Å².